The number of hydrogen-bond donors (Lipinski definition) is 0. The predicted octanol–water partition coefficient (Wildman–Crippen LogP) is 6.50. The summed E-state index contributed by atoms with van der Waals surface area (Å²) >= 11 is 0. The first kappa shape index (κ1) is 25.6. The lowest BCUT2D eigenvalue weighted by atomic mass is 9.80. The van der Waals surface area contributed by atoms with E-state index in [1.54, 1.807) is 7.11 Å². The topological polar surface area (TPSA) is 51.5 Å². The molecular formula is C30H35NO3. The molecule has 0 aliphatic carbocycles. The van der Waals surface area contributed by atoms with Crippen molar-refractivity contribution in [2.45, 2.75) is 43.8 Å². The minimum Gasteiger partial charge on any atom is -0.379 e. The highest BCUT2D eigenvalue weighted by Crippen LogP contribution is 2.40. The Kier molecular flexibility index (Phi) is 10.8. The third-order valence-corrected chi connectivity index (χ3v) is 5.99. The smallest absolute Gasteiger partial charge is 0.143 e. The fraction of sp³-hybridized carbons (Fsp3) is 0.367. The molecule has 0 radical (unpaired) electrons. The van der Waals surface area contributed by atoms with Crippen molar-refractivity contribution in [2.24, 2.45) is 0 Å². The predicted molar refractivity (Wildman–Crippen MR) is 135 cm³/mol. The Bertz CT molecular complexity index is 874. The van der Waals surface area contributed by atoms with Gasteiger partial charge in [-0.3, -0.25) is 0 Å². The Hall–Kier alpha value is -2.97. The summed E-state index contributed by atoms with van der Waals surface area (Å²) in [7, 11) is 1.70. The average Bonchev–Trinajstić information content (AvgIpc) is 2.91. The Morgan fingerprint density at radius 3 is 1.68 bits per heavy atom. The van der Waals surface area contributed by atoms with Crippen molar-refractivity contribution in [3.05, 3.63) is 108 Å². The van der Waals surface area contributed by atoms with Crippen LogP contribution in [0.15, 0.2) is 91.0 Å². The monoisotopic (exact) mass is 457 g/mol. The molecule has 0 aliphatic rings. The summed E-state index contributed by atoms with van der Waals surface area (Å²) in [6, 6.07) is 33.2. The van der Waals surface area contributed by atoms with E-state index >= 15 is 0 Å². The van der Waals surface area contributed by atoms with Crippen molar-refractivity contribution in [2.75, 3.05) is 26.9 Å². The molecule has 0 unspecified atom stereocenters. The van der Waals surface area contributed by atoms with Crippen LogP contribution in [0.5, 0.6) is 0 Å². The van der Waals surface area contributed by atoms with Crippen molar-refractivity contribution in [3.63, 3.8) is 0 Å². The van der Waals surface area contributed by atoms with E-state index < -0.39 is 5.60 Å². The quantitative estimate of drug-likeness (QED) is 0.193. The van der Waals surface area contributed by atoms with Crippen molar-refractivity contribution < 1.29 is 14.2 Å². The van der Waals surface area contributed by atoms with Gasteiger partial charge in [0, 0.05) is 20.1 Å². The molecule has 0 aromatic heterocycles. The van der Waals surface area contributed by atoms with E-state index in [2.05, 4.69) is 42.5 Å². The van der Waals surface area contributed by atoms with E-state index in [0.29, 0.717) is 26.2 Å². The minimum absolute atomic E-state index is 0.186. The second-order valence-electron chi connectivity index (χ2n) is 8.35. The molecule has 0 bridgehead atoms. The maximum Gasteiger partial charge on any atom is 0.143 e. The summed E-state index contributed by atoms with van der Waals surface area (Å²) in [5, 5.41) is 8.62. The standard InChI is InChI=1S/C30H35NO3/c1-32-29(24-33-23-15-4-2-3-14-22-31)25-34-30(26-16-8-5-9-17-26,27-18-10-6-11-19-27)28-20-12-7-13-21-28/h5-13,16-21,29H,2-4,14-15,23-25H2,1H3/t29-/m1/s1. The van der Waals surface area contributed by atoms with Gasteiger partial charge in [-0.1, -0.05) is 104 Å². The second kappa shape index (κ2) is 14.3. The highest BCUT2D eigenvalue weighted by Gasteiger charge is 2.38. The number of nitriles is 1. The van der Waals surface area contributed by atoms with Crippen molar-refractivity contribution in [1.82, 2.24) is 0 Å². The molecule has 3 aromatic carbocycles. The van der Waals surface area contributed by atoms with Crippen LogP contribution >= 0.6 is 0 Å². The molecule has 0 saturated heterocycles. The molecular weight excluding hydrogens is 422 g/mol. The number of hydrogen-bond acceptors (Lipinski definition) is 4. The first-order valence-electron chi connectivity index (χ1n) is 12.1. The average molecular weight is 458 g/mol. The first-order chi connectivity index (χ1) is 16.8. The molecule has 178 valence electrons. The zero-order valence-electron chi connectivity index (χ0n) is 20.1. The summed E-state index contributed by atoms with van der Waals surface area (Å²) < 4.78 is 18.5. The molecule has 3 rings (SSSR count). The summed E-state index contributed by atoms with van der Waals surface area (Å²) in [5.74, 6) is 0. The van der Waals surface area contributed by atoms with E-state index in [-0.39, 0.29) is 6.10 Å². The lowest BCUT2D eigenvalue weighted by Gasteiger charge is -2.37. The minimum atomic E-state index is -0.763. The van der Waals surface area contributed by atoms with Crippen LogP contribution in [-0.4, -0.2) is 33.0 Å². The van der Waals surface area contributed by atoms with Gasteiger partial charge in [0.15, 0.2) is 0 Å². The SMILES string of the molecule is CO[C@H](COCCCCCCC#N)COC(c1ccccc1)(c1ccccc1)c1ccccc1. The van der Waals surface area contributed by atoms with Gasteiger partial charge in [-0.15, -0.1) is 0 Å². The van der Waals surface area contributed by atoms with Crippen LogP contribution in [0.4, 0.5) is 0 Å². The molecule has 4 heteroatoms. The number of unbranched alkanes of at least 4 members (excludes halogenated alkanes) is 4. The lowest BCUT2D eigenvalue weighted by molar-refractivity contribution is -0.0785. The van der Waals surface area contributed by atoms with Crippen molar-refractivity contribution in [1.29, 1.82) is 5.26 Å². The third-order valence-electron chi connectivity index (χ3n) is 5.99. The van der Waals surface area contributed by atoms with E-state index in [1.165, 1.54) is 0 Å². The van der Waals surface area contributed by atoms with Gasteiger partial charge in [0.2, 0.25) is 0 Å². The molecule has 4 nitrogen and oxygen atoms in total. The van der Waals surface area contributed by atoms with Gasteiger partial charge in [-0.2, -0.15) is 5.26 Å². The Morgan fingerprint density at radius 1 is 0.706 bits per heavy atom. The Balaban J connectivity index is 1.74. The van der Waals surface area contributed by atoms with Crippen LogP contribution in [0.25, 0.3) is 0 Å². The molecule has 0 fully saturated rings. The fourth-order valence-electron chi connectivity index (χ4n) is 4.15. The summed E-state index contributed by atoms with van der Waals surface area (Å²) in [5.41, 5.74) is 2.45. The maximum atomic E-state index is 8.62. The second-order valence-corrected chi connectivity index (χ2v) is 8.35. The zero-order valence-corrected chi connectivity index (χ0v) is 20.1. The third kappa shape index (κ3) is 7.01. The largest absolute Gasteiger partial charge is 0.379 e. The van der Waals surface area contributed by atoms with Crippen LogP contribution in [-0.2, 0) is 19.8 Å². The maximum absolute atomic E-state index is 8.62. The number of methoxy groups -OCH3 is 1. The number of nitrogens with zero attached hydrogens (tertiary/aromatic N) is 1. The highest BCUT2D eigenvalue weighted by molar-refractivity contribution is 5.47. The molecule has 0 heterocycles. The van der Waals surface area contributed by atoms with Gasteiger partial charge < -0.3 is 14.2 Å². The molecule has 3 aromatic rings. The molecule has 0 saturated carbocycles. The Morgan fingerprint density at radius 2 is 1.21 bits per heavy atom. The summed E-state index contributed by atoms with van der Waals surface area (Å²) in [6.45, 7) is 1.55. The number of rotatable bonds is 15. The van der Waals surface area contributed by atoms with Gasteiger partial charge in [-0.05, 0) is 29.5 Å². The van der Waals surface area contributed by atoms with Crippen LogP contribution in [0.2, 0.25) is 0 Å². The fourth-order valence-corrected chi connectivity index (χ4v) is 4.15. The molecule has 34 heavy (non-hydrogen) atoms. The van der Waals surface area contributed by atoms with Crippen LogP contribution in [0.1, 0.15) is 48.8 Å². The van der Waals surface area contributed by atoms with Gasteiger partial charge in [0.05, 0.1) is 19.3 Å². The molecule has 0 aliphatic heterocycles. The zero-order chi connectivity index (χ0) is 23.9. The Labute approximate surface area is 204 Å². The molecule has 0 N–H and O–H groups in total. The van der Waals surface area contributed by atoms with E-state index in [9.17, 15) is 0 Å². The van der Waals surface area contributed by atoms with E-state index in [0.717, 1.165) is 42.4 Å². The number of ether oxygens (including phenoxy) is 3. The van der Waals surface area contributed by atoms with Crippen LogP contribution in [0.3, 0.4) is 0 Å². The van der Waals surface area contributed by atoms with Gasteiger partial charge >= 0.3 is 0 Å². The van der Waals surface area contributed by atoms with E-state index in [1.807, 2.05) is 54.6 Å². The molecule has 1 atom stereocenters. The highest BCUT2D eigenvalue weighted by atomic mass is 16.6. The van der Waals surface area contributed by atoms with Crippen molar-refractivity contribution >= 4 is 0 Å². The van der Waals surface area contributed by atoms with Gasteiger partial charge in [0.25, 0.3) is 0 Å². The van der Waals surface area contributed by atoms with Gasteiger partial charge in [-0.25, -0.2) is 0 Å². The first-order valence-corrected chi connectivity index (χ1v) is 12.1. The van der Waals surface area contributed by atoms with Crippen molar-refractivity contribution in [3.8, 4) is 6.07 Å². The number of benzene rings is 3. The van der Waals surface area contributed by atoms with Gasteiger partial charge in [0.1, 0.15) is 11.7 Å². The summed E-state index contributed by atoms with van der Waals surface area (Å²) in [4.78, 5) is 0. The summed E-state index contributed by atoms with van der Waals surface area (Å²) in [6.07, 6.45) is 4.55. The molecule has 0 amide bonds. The van der Waals surface area contributed by atoms with Crippen LogP contribution in [0, 0.1) is 11.3 Å². The normalized spacial score (nSPS) is 12.2. The lowest BCUT2D eigenvalue weighted by Crippen LogP contribution is -2.37. The van der Waals surface area contributed by atoms with E-state index in [4.69, 9.17) is 19.5 Å². The molecule has 0 spiro atoms. The van der Waals surface area contributed by atoms with Crippen LogP contribution < -0.4 is 0 Å².